The van der Waals surface area contributed by atoms with Crippen molar-refractivity contribution in [3.63, 3.8) is 0 Å². The van der Waals surface area contributed by atoms with Crippen molar-refractivity contribution in [1.29, 1.82) is 0 Å². The van der Waals surface area contributed by atoms with E-state index in [0.29, 0.717) is 31.9 Å². The number of carbonyl (C=O) groups excluding carboxylic acids is 1. The molecule has 8 nitrogen and oxygen atoms in total. The lowest BCUT2D eigenvalue weighted by molar-refractivity contribution is -0.129. The van der Waals surface area contributed by atoms with Gasteiger partial charge in [0.05, 0.1) is 19.9 Å². The van der Waals surface area contributed by atoms with E-state index in [1.807, 2.05) is 37.3 Å². The summed E-state index contributed by atoms with van der Waals surface area (Å²) in [7, 11) is -1.01. The fourth-order valence-electron chi connectivity index (χ4n) is 4.24. The first-order valence-electron chi connectivity index (χ1n) is 11.7. The summed E-state index contributed by atoms with van der Waals surface area (Å²) in [5, 5.41) is 0. The van der Waals surface area contributed by atoms with Crippen molar-refractivity contribution in [2.75, 3.05) is 56.1 Å². The molecule has 1 heterocycles. The minimum absolute atomic E-state index is 0.0333. The monoisotopic (exact) mass is 509 g/mol. The molecule has 0 atom stereocenters. The Morgan fingerprint density at radius 3 is 2.17 bits per heavy atom. The van der Waals surface area contributed by atoms with Gasteiger partial charge in [0.25, 0.3) is 10.0 Å². The van der Waals surface area contributed by atoms with Gasteiger partial charge in [0.15, 0.2) is 0 Å². The lowest BCUT2D eigenvalue weighted by Crippen LogP contribution is -2.52. The first-order valence-corrected chi connectivity index (χ1v) is 13.2. The fraction of sp³-hybridized carbons (Fsp3) is 0.296. The van der Waals surface area contributed by atoms with Crippen LogP contribution in [0.4, 0.5) is 11.4 Å². The second-order valence-corrected chi connectivity index (χ2v) is 10.4. The molecule has 0 radical (unpaired) electrons. The highest BCUT2D eigenvalue weighted by molar-refractivity contribution is 7.93. The lowest BCUT2D eigenvalue weighted by Gasteiger charge is -2.37. The molecule has 1 aliphatic heterocycles. The van der Waals surface area contributed by atoms with Crippen LogP contribution in [0.1, 0.15) is 5.56 Å². The Bertz CT molecular complexity index is 1290. The molecule has 3 aromatic carbocycles. The minimum atomic E-state index is -4.07. The topological polar surface area (TPSA) is 79.4 Å². The van der Waals surface area contributed by atoms with Crippen LogP contribution < -0.4 is 18.7 Å². The van der Waals surface area contributed by atoms with Crippen molar-refractivity contribution in [2.45, 2.75) is 11.8 Å². The van der Waals surface area contributed by atoms with Gasteiger partial charge in [-0.25, -0.2) is 8.42 Å². The fourth-order valence-corrected chi connectivity index (χ4v) is 5.90. The van der Waals surface area contributed by atoms with Crippen LogP contribution in [-0.2, 0) is 14.8 Å². The quantitative estimate of drug-likeness (QED) is 0.462. The number of nitrogens with zero attached hydrogens (tertiary/aromatic N) is 3. The Labute approximate surface area is 212 Å². The number of benzene rings is 3. The Morgan fingerprint density at radius 2 is 1.56 bits per heavy atom. The third-order valence-corrected chi connectivity index (χ3v) is 8.08. The standard InChI is InChI=1S/C27H31N3O5S/c1-21-9-14-25(35-3)26(19-21)36(32,33)30(23-7-5-4-6-8-23)20-27(31)29-17-15-28(16-18-29)22-10-12-24(34-2)13-11-22/h4-14,19H,15-18,20H2,1-3H3. The summed E-state index contributed by atoms with van der Waals surface area (Å²) in [6.07, 6.45) is 0. The van der Waals surface area contributed by atoms with Crippen LogP contribution in [0.15, 0.2) is 77.7 Å². The summed E-state index contributed by atoms with van der Waals surface area (Å²) in [4.78, 5) is 17.3. The second-order valence-electron chi connectivity index (χ2n) is 8.57. The number of hydrogen-bond donors (Lipinski definition) is 0. The van der Waals surface area contributed by atoms with E-state index < -0.39 is 10.0 Å². The molecule has 1 saturated heterocycles. The first-order chi connectivity index (χ1) is 17.3. The normalized spacial score (nSPS) is 13.9. The summed E-state index contributed by atoms with van der Waals surface area (Å²) < 4.78 is 39.4. The Balaban J connectivity index is 1.54. The molecule has 1 aliphatic rings. The zero-order valence-electron chi connectivity index (χ0n) is 20.8. The summed E-state index contributed by atoms with van der Waals surface area (Å²) >= 11 is 0. The third kappa shape index (κ3) is 5.41. The number of sulfonamides is 1. The number of ether oxygens (including phenoxy) is 2. The van der Waals surface area contributed by atoms with Gasteiger partial charge >= 0.3 is 0 Å². The summed E-state index contributed by atoms with van der Waals surface area (Å²) in [6, 6.07) is 21.5. The molecule has 1 fully saturated rings. The number of hydrogen-bond acceptors (Lipinski definition) is 6. The average Bonchev–Trinajstić information content (AvgIpc) is 2.92. The number of amides is 1. The maximum atomic E-state index is 13.8. The molecule has 4 rings (SSSR count). The molecule has 0 unspecified atom stereocenters. The van der Waals surface area contributed by atoms with E-state index in [9.17, 15) is 13.2 Å². The van der Waals surface area contributed by atoms with Gasteiger partial charge in [-0.3, -0.25) is 9.10 Å². The molecular weight excluding hydrogens is 478 g/mol. The summed E-state index contributed by atoms with van der Waals surface area (Å²) in [5.74, 6) is 0.783. The number of aryl methyl sites for hydroxylation is 1. The summed E-state index contributed by atoms with van der Waals surface area (Å²) in [6.45, 7) is 3.83. The zero-order chi connectivity index (χ0) is 25.7. The maximum absolute atomic E-state index is 13.8. The lowest BCUT2D eigenvalue weighted by atomic mass is 10.2. The van der Waals surface area contributed by atoms with Gasteiger partial charge in [-0.2, -0.15) is 0 Å². The predicted molar refractivity (Wildman–Crippen MR) is 140 cm³/mol. The smallest absolute Gasteiger partial charge is 0.268 e. The van der Waals surface area contributed by atoms with Crippen molar-refractivity contribution < 1.29 is 22.7 Å². The van der Waals surface area contributed by atoms with E-state index in [1.165, 1.54) is 11.4 Å². The van der Waals surface area contributed by atoms with Crippen LogP contribution in [-0.4, -0.2) is 66.2 Å². The van der Waals surface area contributed by atoms with Gasteiger partial charge < -0.3 is 19.3 Å². The number of rotatable bonds is 8. The Morgan fingerprint density at radius 1 is 0.889 bits per heavy atom. The predicted octanol–water partition coefficient (Wildman–Crippen LogP) is 3.56. The third-order valence-electron chi connectivity index (χ3n) is 6.28. The minimum Gasteiger partial charge on any atom is -0.497 e. The van der Waals surface area contributed by atoms with E-state index in [1.54, 1.807) is 54.5 Å². The molecule has 0 saturated carbocycles. The highest BCUT2D eigenvalue weighted by Crippen LogP contribution is 2.31. The van der Waals surface area contributed by atoms with E-state index in [2.05, 4.69) is 4.90 Å². The van der Waals surface area contributed by atoms with Crippen molar-refractivity contribution in [2.24, 2.45) is 0 Å². The Hall–Kier alpha value is -3.72. The number of anilines is 2. The average molecular weight is 510 g/mol. The van der Waals surface area contributed by atoms with Crippen LogP contribution in [0.3, 0.4) is 0 Å². The van der Waals surface area contributed by atoms with Gasteiger partial charge in [-0.05, 0) is 61.0 Å². The molecule has 0 bridgehead atoms. The van der Waals surface area contributed by atoms with Gasteiger partial charge in [-0.15, -0.1) is 0 Å². The van der Waals surface area contributed by atoms with Crippen LogP contribution in [0.5, 0.6) is 11.5 Å². The largest absolute Gasteiger partial charge is 0.497 e. The number of methoxy groups -OCH3 is 2. The van der Waals surface area contributed by atoms with Crippen LogP contribution in [0.25, 0.3) is 0 Å². The molecule has 0 aliphatic carbocycles. The van der Waals surface area contributed by atoms with Crippen LogP contribution in [0.2, 0.25) is 0 Å². The molecule has 0 spiro atoms. The van der Waals surface area contributed by atoms with Crippen LogP contribution in [0, 0.1) is 6.92 Å². The molecule has 3 aromatic rings. The van der Waals surface area contributed by atoms with Crippen molar-refractivity contribution in [3.05, 3.63) is 78.4 Å². The Kier molecular flexibility index (Phi) is 7.69. The highest BCUT2D eigenvalue weighted by Gasteiger charge is 2.32. The molecule has 9 heteroatoms. The number of piperazine rings is 1. The van der Waals surface area contributed by atoms with E-state index in [-0.39, 0.29) is 23.1 Å². The number of carbonyl (C=O) groups is 1. The van der Waals surface area contributed by atoms with Gasteiger partial charge in [0.2, 0.25) is 5.91 Å². The second kappa shape index (κ2) is 10.9. The van der Waals surface area contributed by atoms with E-state index >= 15 is 0 Å². The molecule has 0 N–H and O–H groups in total. The van der Waals surface area contributed by atoms with Crippen molar-refractivity contribution in [1.82, 2.24) is 4.90 Å². The SMILES string of the molecule is COc1ccc(N2CCN(C(=O)CN(c3ccccc3)S(=O)(=O)c3cc(C)ccc3OC)CC2)cc1. The van der Waals surface area contributed by atoms with Gasteiger partial charge in [0.1, 0.15) is 22.9 Å². The zero-order valence-corrected chi connectivity index (χ0v) is 21.6. The number of para-hydroxylation sites is 1. The molecule has 36 heavy (non-hydrogen) atoms. The van der Waals surface area contributed by atoms with Crippen molar-refractivity contribution in [3.8, 4) is 11.5 Å². The van der Waals surface area contributed by atoms with Crippen molar-refractivity contribution >= 4 is 27.3 Å². The van der Waals surface area contributed by atoms with Gasteiger partial charge in [0, 0.05) is 31.9 Å². The maximum Gasteiger partial charge on any atom is 0.268 e. The molecular formula is C27H31N3O5S. The van der Waals surface area contributed by atoms with E-state index in [4.69, 9.17) is 9.47 Å². The molecule has 190 valence electrons. The highest BCUT2D eigenvalue weighted by atomic mass is 32.2. The molecule has 1 amide bonds. The molecule has 0 aromatic heterocycles. The van der Waals surface area contributed by atoms with Gasteiger partial charge in [-0.1, -0.05) is 24.3 Å². The summed E-state index contributed by atoms with van der Waals surface area (Å²) in [5.41, 5.74) is 2.26. The van der Waals surface area contributed by atoms with Crippen LogP contribution >= 0.6 is 0 Å². The van der Waals surface area contributed by atoms with E-state index in [0.717, 1.165) is 17.0 Å². The first kappa shape index (κ1) is 25.4.